The fourth-order valence-electron chi connectivity index (χ4n) is 1.78. The number of hydrogen-bond acceptors (Lipinski definition) is 5. The van der Waals surface area contributed by atoms with E-state index in [1.165, 1.54) is 6.20 Å². The molecule has 0 radical (unpaired) electrons. The standard InChI is InChI=1S/C12H16N6O/c1-2-9(11-15-5-6-16-11)17-12(19)8-3-4-14-7-10(8)18-13/h3-7,9,18H,2,13H2,1H3,(H,15,16)(H,17,19). The highest BCUT2D eigenvalue weighted by Gasteiger charge is 2.17. The Balaban J connectivity index is 2.16. The number of anilines is 1. The second kappa shape index (κ2) is 5.96. The minimum Gasteiger partial charge on any atom is -0.347 e. The van der Waals surface area contributed by atoms with E-state index in [0.29, 0.717) is 11.3 Å². The molecule has 0 aliphatic rings. The first-order chi connectivity index (χ1) is 9.26. The molecule has 2 rings (SSSR count). The maximum atomic E-state index is 12.2. The highest BCUT2D eigenvalue weighted by Crippen LogP contribution is 2.16. The van der Waals surface area contributed by atoms with Gasteiger partial charge < -0.3 is 15.7 Å². The third kappa shape index (κ3) is 2.89. The summed E-state index contributed by atoms with van der Waals surface area (Å²) < 4.78 is 0. The molecule has 100 valence electrons. The number of aromatic amines is 1. The molecule has 19 heavy (non-hydrogen) atoms. The number of nitrogens with two attached hydrogens (primary N) is 1. The summed E-state index contributed by atoms with van der Waals surface area (Å²) in [6.07, 6.45) is 7.16. The molecule has 7 heteroatoms. The van der Waals surface area contributed by atoms with Crippen LogP contribution in [0.15, 0.2) is 30.9 Å². The lowest BCUT2D eigenvalue weighted by atomic mass is 10.1. The predicted octanol–water partition coefficient (Wildman–Crippen LogP) is 0.971. The summed E-state index contributed by atoms with van der Waals surface area (Å²) in [5, 5.41) is 2.90. The van der Waals surface area contributed by atoms with Gasteiger partial charge in [-0.05, 0) is 12.5 Å². The van der Waals surface area contributed by atoms with E-state index in [9.17, 15) is 4.79 Å². The van der Waals surface area contributed by atoms with Crippen molar-refractivity contribution < 1.29 is 4.79 Å². The Labute approximate surface area is 110 Å². The molecule has 5 N–H and O–H groups in total. The molecule has 0 spiro atoms. The summed E-state index contributed by atoms with van der Waals surface area (Å²) in [7, 11) is 0. The number of pyridine rings is 1. The summed E-state index contributed by atoms with van der Waals surface area (Å²) >= 11 is 0. The van der Waals surface area contributed by atoms with Crippen LogP contribution in [-0.4, -0.2) is 20.9 Å². The van der Waals surface area contributed by atoms with Crippen molar-refractivity contribution in [3.8, 4) is 0 Å². The minimum absolute atomic E-state index is 0.165. The lowest BCUT2D eigenvalue weighted by molar-refractivity contribution is 0.0934. The molecule has 1 unspecified atom stereocenters. The Bertz CT molecular complexity index is 539. The zero-order valence-electron chi connectivity index (χ0n) is 10.6. The largest absolute Gasteiger partial charge is 0.347 e. The fourth-order valence-corrected chi connectivity index (χ4v) is 1.78. The van der Waals surface area contributed by atoms with Gasteiger partial charge in [-0.1, -0.05) is 6.92 Å². The highest BCUT2D eigenvalue weighted by atomic mass is 16.1. The van der Waals surface area contributed by atoms with E-state index in [1.807, 2.05) is 6.92 Å². The SMILES string of the molecule is CCC(NC(=O)c1ccncc1NN)c1ncc[nH]1. The van der Waals surface area contributed by atoms with Crippen LogP contribution in [0.1, 0.15) is 35.6 Å². The summed E-state index contributed by atoms with van der Waals surface area (Å²) in [5.41, 5.74) is 3.38. The predicted molar refractivity (Wildman–Crippen MR) is 71.1 cm³/mol. The number of nitrogen functional groups attached to an aromatic ring is 1. The number of hydrogen-bond donors (Lipinski definition) is 4. The van der Waals surface area contributed by atoms with Crippen LogP contribution in [0.5, 0.6) is 0 Å². The molecule has 0 bridgehead atoms. The number of aromatic nitrogens is 3. The molecule has 1 amide bonds. The van der Waals surface area contributed by atoms with Gasteiger partial charge in [0.2, 0.25) is 0 Å². The van der Waals surface area contributed by atoms with Gasteiger partial charge in [0.25, 0.3) is 5.91 Å². The molecule has 0 fully saturated rings. The van der Waals surface area contributed by atoms with Gasteiger partial charge in [0.15, 0.2) is 0 Å². The molecule has 7 nitrogen and oxygen atoms in total. The number of carbonyl (C=O) groups excluding carboxylic acids is 1. The van der Waals surface area contributed by atoms with Crippen LogP contribution in [0.4, 0.5) is 5.69 Å². The molecule has 2 aromatic heterocycles. The van der Waals surface area contributed by atoms with Crippen LogP contribution < -0.4 is 16.6 Å². The molecular weight excluding hydrogens is 244 g/mol. The van der Waals surface area contributed by atoms with Crippen molar-refractivity contribution in [2.24, 2.45) is 5.84 Å². The number of imidazole rings is 1. The maximum Gasteiger partial charge on any atom is 0.254 e. The molecule has 0 aliphatic heterocycles. The van der Waals surface area contributed by atoms with Crippen LogP contribution in [0.25, 0.3) is 0 Å². The Morgan fingerprint density at radius 2 is 2.37 bits per heavy atom. The van der Waals surface area contributed by atoms with Gasteiger partial charge in [-0.25, -0.2) is 4.98 Å². The Morgan fingerprint density at radius 3 is 3.00 bits per heavy atom. The molecular formula is C12H16N6O. The van der Waals surface area contributed by atoms with Gasteiger partial charge in [0.05, 0.1) is 23.5 Å². The first-order valence-electron chi connectivity index (χ1n) is 5.97. The zero-order chi connectivity index (χ0) is 13.7. The van der Waals surface area contributed by atoms with Crippen molar-refractivity contribution in [2.45, 2.75) is 19.4 Å². The van der Waals surface area contributed by atoms with Crippen molar-refractivity contribution in [1.82, 2.24) is 20.3 Å². The van der Waals surface area contributed by atoms with E-state index in [-0.39, 0.29) is 11.9 Å². The number of amides is 1. The molecule has 2 heterocycles. The monoisotopic (exact) mass is 260 g/mol. The third-order valence-electron chi connectivity index (χ3n) is 2.78. The molecule has 0 aliphatic carbocycles. The number of rotatable bonds is 5. The van der Waals surface area contributed by atoms with Crippen molar-refractivity contribution >= 4 is 11.6 Å². The van der Waals surface area contributed by atoms with Crippen LogP contribution in [0, 0.1) is 0 Å². The summed E-state index contributed by atoms with van der Waals surface area (Å²) in [4.78, 5) is 23.3. The lowest BCUT2D eigenvalue weighted by Gasteiger charge is -2.15. The summed E-state index contributed by atoms with van der Waals surface area (Å²) in [6.45, 7) is 1.97. The number of H-pyrrole nitrogens is 1. The van der Waals surface area contributed by atoms with Gasteiger partial charge in [0, 0.05) is 18.6 Å². The number of carbonyl (C=O) groups is 1. The second-order valence-electron chi connectivity index (χ2n) is 3.97. The molecule has 1 atom stereocenters. The third-order valence-corrected chi connectivity index (χ3v) is 2.78. The van der Waals surface area contributed by atoms with Gasteiger partial charge >= 0.3 is 0 Å². The quantitative estimate of drug-likeness (QED) is 0.473. The fraction of sp³-hybridized carbons (Fsp3) is 0.250. The maximum absolute atomic E-state index is 12.2. The highest BCUT2D eigenvalue weighted by molar-refractivity contribution is 5.99. The summed E-state index contributed by atoms with van der Waals surface area (Å²) in [6, 6.07) is 1.45. The molecule has 0 saturated heterocycles. The smallest absolute Gasteiger partial charge is 0.254 e. The van der Waals surface area contributed by atoms with Crippen LogP contribution in [0.2, 0.25) is 0 Å². The van der Waals surface area contributed by atoms with Crippen LogP contribution in [0.3, 0.4) is 0 Å². The van der Waals surface area contributed by atoms with Gasteiger partial charge in [0.1, 0.15) is 5.82 Å². The van der Waals surface area contributed by atoms with E-state index < -0.39 is 0 Å². The minimum atomic E-state index is -0.224. The van der Waals surface area contributed by atoms with E-state index in [4.69, 9.17) is 5.84 Å². The topological polar surface area (TPSA) is 109 Å². The van der Waals surface area contributed by atoms with Crippen molar-refractivity contribution in [3.05, 3.63) is 42.2 Å². The van der Waals surface area contributed by atoms with Crippen molar-refractivity contribution in [1.29, 1.82) is 0 Å². The Hall–Kier alpha value is -2.41. The molecule has 0 aromatic carbocycles. The van der Waals surface area contributed by atoms with Gasteiger partial charge in [-0.3, -0.25) is 15.6 Å². The number of hydrazine groups is 1. The van der Waals surface area contributed by atoms with E-state index in [1.54, 1.807) is 24.7 Å². The van der Waals surface area contributed by atoms with Gasteiger partial charge in [-0.15, -0.1) is 0 Å². The molecule has 0 saturated carbocycles. The second-order valence-corrected chi connectivity index (χ2v) is 3.97. The van der Waals surface area contributed by atoms with Gasteiger partial charge in [-0.2, -0.15) is 0 Å². The summed E-state index contributed by atoms with van der Waals surface area (Å²) in [5.74, 6) is 5.86. The van der Waals surface area contributed by atoms with Crippen LogP contribution in [-0.2, 0) is 0 Å². The number of nitrogens with zero attached hydrogens (tertiary/aromatic N) is 2. The zero-order valence-corrected chi connectivity index (χ0v) is 10.6. The van der Waals surface area contributed by atoms with E-state index in [2.05, 4.69) is 25.7 Å². The number of nitrogens with one attached hydrogen (secondary N) is 3. The first-order valence-corrected chi connectivity index (χ1v) is 5.97. The average Bonchev–Trinajstić information content (AvgIpc) is 2.98. The Morgan fingerprint density at radius 1 is 1.53 bits per heavy atom. The van der Waals surface area contributed by atoms with Crippen molar-refractivity contribution in [2.75, 3.05) is 5.43 Å². The Kier molecular flexibility index (Phi) is 4.09. The lowest BCUT2D eigenvalue weighted by Crippen LogP contribution is -2.30. The normalized spacial score (nSPS) is 11.9. The average molecular weight is 260 g/mol. The molecule has 2 aromatic rings. The van der Waals surface area contributed by atoms with E-state index in [0.717, 1.165) is 12.2 Å². The first kappa shape index (κ1) is 13.0. The van der Waals surface area contributed by atoms with E-state index >= 15 is 0 Å². The van der Waals surface area contributed by atoms with Crippen LogP contribution >= 0.6 is 0 Å². The van der Waals surface area contributed by atoms with Crippen molar-refractivity contribution in [3.63, 3.8) is 0 Å².